The molecule has 0 aliphatic heterocycles. The first kappa shape index (κ1) is 18.9. The zero-order valence-electron chi connectivity index (χ0n) is 15.9. The van der Waals surface area contributed by atoms with Gasteiger partial charge in [-0.25, -0.2) is 4.39 Å². The maximum absolute atomic E-state index is 16.7. The van der Waals surface area contributed by atoms with Gasteiger partial charge >= 0.3 is 0 Å². The van der Waals surface area contributed by atoms with Crippen molar-refractivity contribution in [2.24, 2.45) is 22.7 Å². The smallest absolute Gasteiger partial charge is 0.190 e. The summed E-state index contributed by atoms with van der Waals surface area (Å²) < 4.78 is 16.7. The molecule has 6 atom stereocenters. The van der Waals surface area contributed by atoms with E-state index in [1.165, 1.54) is 6.08 Å². The number of hydrogen-bond acceptors (Lipinski definition) is 5. The largest absolute Gasteiger partial charge is 0.388 e. The zero-order chi connectivity index (χ0) is 19.8. The van der Waals surface area contributed by atoms with Gasteiger partial charge in [-0.2, -0.15) is 0 Å². The molecular weight excluding hydrogens is 351 g/mol. The van der Waals surface area contributed by atoms with E-state index in [-0.39, 0.29) is 31.0 Å². The first-order valence-corrected chi connectivity index (χ1v) is 9.87. The lowest BCUT2D eigenvalue weighted by Crippen LogP contribution is -2.68. The van der Waals surface area contributed by atoms with Crippen molar-refractivity contribution >= 4 is 17.3 Å². The minimum absolute atomic E-state index is 0.0126. The van der Waals surface area contributed by atoms with Crippen LogP contribution >= 0.6 is 0 Å². The molecule has 0 aromatic heterocycles. The van der Waals surface area contributed by atoms with E-state index in [0.717, 1.165) is 5.57 Å². The van der Waals surface area contributed by atoms with Crippen LogP contribution in [0.3, 0.4) is 0 Å². The standard InChI is InChI=1S/C21H27FO5/c1-18-7-5-13(24)9-12(18)3-4-15-14-6-8-20(27,17(26)11-23)19(14,2)10-16(25)21(15,18)22/h9,14-15,23,27H,3-8,10-11H2,1-2H3. The number of carbonyl (C=O) groups is 3. The number of alkyl halides is 1. The van der Waals surface area contributed by atoms with Gasteiger partial charge in [0.05, 0.1) is 0 Å². The Hall–Kier alpha value is -1.40. The highest BCUT2D eigenvalue weighted by atomic mass is 19.1. The van der Waals surface area contributed by atoms with Gasteiger partial charge in [0.15, 0.2) is 23.0 Å². The van der Waals surface area contributed by atoms with Crippen LogP contribution in [0.2, 0.25) is 0 Å². The fourth-order valence-corrected chi connectivity index (χ4v) is 6.88. The lowest BCUT2D eigenvalue weighted by molar-refractivity contribution is -0.189. The lowest BCUT2D eigenvalue weighted by atomic mass is 9.44. The SMILES string of the molecule is CC12CCC(=O)C=C1CCC1C3CCC(O)(C(=O)CO)C3(C)CC(=O)C12F. The van der Waals surface area contributed by atoms with E-state index in [2.05, 4.69) is 0 Å². The predicted octanol–water partition coefficient (Wildman–Crippen LogP) is 2.08. The van der Waals surface area contributed by atoms with E-state index in [9.17, 15) is 24.6 Å². The topological polar surface area (TPSA) is 91.7 Å². The van der Waals surface area contributed by atoms with Gasteiger partial charge in [0, 0.05) is 29.6 Å². The summed E-state index contributed by atoms with van der Waals surface area (Å²) in [6, 6.07) is 0. The number of halogens is 1. The fraction of sp³-hybridized carbons (Fsp3) is 0.762. The van der Waals surface area contributed by atoms with Crippen molar-refractivity contribution in [1.29, 1.82) is 0 Å². The normalized spacial score (nSPS) is 49.1. The number of Topliss-reactive ketones (excluding diaryl/α,β-unsaturated/α-hetero) is 2. The number of rotatable bonds is 2. The van der Waals surface area contributed by atoms with Crippen molar-refractivity contribution in [3.05, 3.63) is 11.6 Å². The van der Waals surface area contributed by atoms with Crippen molar-refractivity contribution in [3.63, 3.8) is 0 Å². The first-order chi connectivity index (χ1) is 12.5. The summed E-state index contributed by atoms with van der Waals surface area (Å²) in [5.74, 6) is -2.16. The van der Waals surface area contributed by atoms with E-state index >= 15 is 4.39 Å². The van der Waals surface area contributed by atoms with Gasteiger partial charge in [0.2, 0.25) is 0 Å². The summed E-state index contributed by atoms with van der Waals surface area (Å²) >= 11 is 0. The Balaban J connectivity index is 1.81. The summed E-state index contributed by atoms with van der Waals surface area (Å²) in [6.45, 7) is 2.68. The van der Waals surface area contributed by atoms with Crippen LogP contribution in [0.1, 0.15) is 58.8 Å². The van der Waals surface area contributed by atoms with Gasteiger partial charge in [-0.05, 0) is 44.1 Å². The van der Waals surface area contributed by atoms with Gasteiger partial charge < -0.3 is 10.2 Å². The fourth-order valence-electron chi connectivity index (χ4n) is 6.88. The summed E-state index contributed by atoms with van der Waals surface area (Å²) in [5, 5.41) is 20.4. The molecular formula is C21H27FO5. The predicted molar refractivity (Wildman–Crippen MR) is 94.5 cm³/mol. The van der Waals surface area contributed by atoms with Crippen LogP contribution in [-0.4, -0.2) is 45.4 Å². The molecule has 5 nitrogen and oxygen atoms in total. The molecule has 3 saturated carbocycles. The van der Waals surface area contributed by atoms with Crippen LogP contribution in [0.4, 0.5) is 4.39 Å². The van der Waals surface area contributed by atoms with Crippen LogP contribution in [0.15, 0.2) is 11.6 Å². The highest BCUT2D eigenvalue weighted by molar-refractivity contribution is 5.97. The van der Waals surface area contributed by atoms with Gasteiger partial charge in [-0.1, -0.05) is 19.4 Å². The van der Waals surface area contributed by atoms with Crippen LogP contribution in [-0.2, 0) is 14.4 Å². The molecule has 2 N–H and O–H groups in total. The molecule has 148 valence electrons. The molecule has 3 fully saturated rings. The van der Waals surface area contributed by atoms with E-state index in [1.54, 1.807) is 13.8 Å². The molecule has 0 heterocycles. The number of hydrogen-bond donors (Lipinski definition) is 2. The second kappa shape index (κ2) is 5.57. The van der Waals surface area contributed by atoms with E-state index in [0.29, 0.717) is 25.7 Å². The van der Waals surface area contributed by atoms with E-state index < -0.39 is 46.2 Å². The third-order valence-electron chi connectivity index (χ3n) is 8.56. The Morgan fingerprint density at radius 2 is 1.89 bits per heavy atom. The van der Waals surface area contributed by atoms with Crippen molar-refractivity contribution in [1.82, 2.24) is 0 Å². The second-order valence-corrected chi connectivity index (χ2v) is 9.43. The number of carbonyl (C=O) groups excluding carboxylic acids is 3. The van der Waals surface area contributed by atoms with Crippen molar-refractivity contribution < 1.29 is 29.0 Å². The number of allylic oxidation sites excluding steroid dienone is 1. The van der Waals surface area contributed by atoms with Crippen molar-refractivity contribution in [2.75, 3.05) is 6.61 Å². The molecule has 0 aromatic carbocycles. The monoisotopic (exact) mass is 378 g/mol. The highest BCUT2D eigenvalue weighted by Crippen LogP contribution is 2.69. The summed E-state index contributed by atoms with van der Waals surface area (Å²) in [7, 11) is 0. The van der Waals surface area contributed by atoms with Crippen LogP contribution in [0.5, 0.6) is 0 Å². The quantitative estimate of drug-likeness (QED) is 0.768. The maximum Gasteiger partial charge on any atom is 0.190 e. The molecule has 6 unspecified atom stereocenters. The molecule has 4 aliphatic rings. The van der Waals surface area contributed by atoms with Gasteiger partial charge in [-0.15, -0.1) is 0 Å². The number of ketones is 3. The summed E-state index contributed by atoms with van der Waals surface area (Å²) in [4.78, 5) is 37.4. The second-order valence-electron chi connectivity index (χ2n) is 9.43. The lowest BCUT2D eigenvalue weighted by Gasteiger charge is -2.60. The van der Waals surface area contributed by atoms with Crippen LogP contribution in [0, 0.1) is 22.7 Å². The Kier molecular flexibility index (Phi) is 3.91. The summed E-state index contributed by atoms with van der Waals surface area (Å²) in [6.07, 6.45) is 3.46. The molecule has 4 rings (SSSR count). The van der Waals surface area contributed by atoms with E-state index in [4.69, 9.17) is 0 Å². The number of aliphatic hydroxyl groups is 2. The zero-order valence-corrected chi connectivity index (χ0v) is 15.9. The highest BCUT2D eigenvalue weighted by Gasteiger charge is 2.74. The molecule has 0 amide bonds. The van der Waals surface area contributed by atoms with Crippen molar-refractivity contribution in [2.45, 2.75) is 70.1 Å². The van der Waals surface area contributed by atoms with E-state index in [1.807, 2.05) is 0 Å². The minimum Gasteiger partial charge on any atom is -0.388 e. The molecule has 0 bridgehead atoms. The molecule has 0 aromatic rings. The van der Waals surface area contributed by atoms with Crippen molar-refractivity contribution in [3.8, 4) is 0 Å². The Labute approximate surface area is 158 Å². The average molecular weight is 378 g/mol. The molecule has 6 heteroatoms. The number of fused-ring (bicyclic) bond motifs is 5. The maximum atomic E-state index is 16.7. The first-order valence-electron chi connectivity index (χ1n) is 9.87. The molecule has 0 saturated heterocycles. The molecule has 27 heavy (non-hydrogen) atoms. The van der Waals surface area contributed by atoms with Gasteiger partial charge in [0.1, 0.15) is 12.2 Å². The third kappa shape index (κ3) is 2.03. The Morgan fingerprint density at radius 3 is 2.56 bits per heavy atom. The Morgan fingerprint density at radius 1 is 1.19 bits per heavy atom. The van der Waals surface area contributed by atoms with Crippen LogP contribution < -0.4 is 0 Å². The van der Waals surface area contributed by atoms with Crippen LogP contribution in [0.25, 0.3) is 0 Å². The molecule has 0 spiro atoms. The Bertz CT molecular complexity index is 775. The molecule has 4 aliphatic carbocycles. The average Bonchev–Trinajstić information content (AvgIpc) is 2.88. The summed E-state index contributed by atoms with van der Waals surface area (Å²) in [5.41, 5.74) is -5.19. The third-order valence-corrected chi connectivity index (χ3v) is 8.56. The van der Waals surface area contributed by atoms with Gasteiger partial charge in [-0.3, -0.25) is 14.4 Å². The molecule has 0 radical (unpaired) electrons. The number of aliphatic hydroxyl groups excluding tert-OH is 1. The minimum atomic E-state index is -2.07. The van der Waals surface area contributed by atoms with Gasteiger partial charge in [0.25, 0.3) is 0 Å².